The standard InChI is InChI=1S/C34H46N2O3/c1-26(2)21-30(35-33(38)39-34(3,4)5)23-32(37)31(22-27-15-9-6-10-16-27)36(24-28-17-11-7-12-18-28)25-29-19-13-8-14-20-29/h6-20,26,30-32,37H,21-25H2,1-5H3,(H,35,38)/t30-,31-,32-/m0/s1. The highest BCUT2D eigenvalue weighted by Gasteiger charge is 2.30. The molecule has 0 spiro atoms. The van der Waals surface area contributed by atoms with Crippen LogP contribution in [0.2, 0.25) is 0 Å². The molecule has 0 radical (unpaired) electrons. The van der Waals surface area contributed by atoms with Gasteiger partial charge in [-0.2, -0.15) is 0 Å². The van der Waals surface area contributed by atoms with Crippen molar-refractivity contribution in [3.63, 3.8) is 0 Å². The fraction of sp³-hybridized carbons (Fsp3) is 0.441. The van der Waals surface area contributed by atoms with Crippen molar-refractivity contribution in [2.24, 2.45) is 5.92 Å². The van der Waals surface area contributed by atoms with Crippen molar-refractivity contribution < 1.29 is 14.6 Å². The zero-order valence-electron chi connectivity index (χ0n) is 24.2. The molecule has 0 heterocycles. The lowest BCUT2D eigenvalue weighted by Crippen LogP contribution is -2.48. The van der Waals surface area contributed by atoms with Gasteiger partial charge in [-0.1, -0.05) is 105 Å². The molecule has 5 heteroatoms. The number of alkyl carbamates (subject to hydrolysis) is 1. The van der Waals surface area contributed by atoms with Gasteiger partial charge in [-0.3, -0.25) is 4.90 Å². The van der Waals surface area contributed by atoms with Crippen LogP contribution in [0.15, 0.2) is 91.0 Å². The van der Waals surface area contributed by atoms with Crippen molar-refractivity contribution in [3.8, 4) is 0 Å². The number of hydrogen-bond acceptors (Lipinski definition) is 4. The summed E-state index contributed by atoms with van der Waals surface area (Å²) in [5.74, 6) is 0.356. The van der Waals surface area contributed by atoms with Crippen LogP contribution in [-0.2, 0) is 24.2 Å². The predicted octanol–water partition coefficient (Wildman–Crippen LogP) is 6.99. The molecule has 5 nitrogen and oxygen atoms in total. The molecule has 210 valence electrons. The van der Waals surface area contributed by atoms with Gasteiger partial charge in [0.25, 0.3) is 0 Å². The molecule has 0 saturated carbocycles. The van der Waals surface area contributed by atoms with Crippen LogP contribution in [0, 0.1) is 5.92 Å². The summed E-state index contributed by atoms with van der Waals surface area (Å²) in [7, 11) is 0. The number of carbonyl (C=O) groups excluding carboxylic acids is 1. The molecule has 0 bridgehead atoms. The number of aliphatic hydroxyl groups excluding tert-OH is 1. The Bertz CT molecular complexity index is 1060. The number of carbonyl (C=O) groups is 1. The smallest absolute Gasteiger partial charge is 0.407 e. The first kappa shape index (κ1) is 30.4. The number of rotatable bonds is 13. The van der Waals surface area contributed by atoms with Gasteiger partial charge < -0.3 is 15.2 Å². The van der Waals surface area contributed by atoms with Crippen molar-refractivity contribution in [1.82, 2.24) is 10.2 Å². The van der Waals surface area contributed by atoms with E-state index in [1.807, 2.05) is 51.1 Å². The molecule has 2 N–H and O–H groups in total. The van der Waals surface area contributed by atoms with Crippen LogP contribution in [0.5, 0.6) is 0 Å². The molecule has 0 unspecified atom stereocenters. The average Bonchev–Trinajstić information content (AvgIpc) is 2.87. The number of nitrogens with one attached hydrogen (secondary N) is 1. The zero-order valence-corrected chi connectivity index (χ0v) is 24.2. The Kier molecular flexibility index (Phi) is 11.6. The van der Waals surface area contributed by atoms with E-state index in [9.17, 15) is 9.90 Å². The van der Waals surface area contributed by atoms with Crippen LogP contribution in [-0.4, -0.2) is 39.9 Å². The lowest BCUT2D eigenvalue weighted by Gasteiger charge is -2.37. The third-order valence-corrected chi connectivity index (χ3v) is 6.66. The Balaban J connectivity index is 1.90. The molecule has 0 fully saturated rings. The molecule has 3 aromatic carbocycles. The molecule has 0 aliphatic heterocycles. The summed E-state index contributed by atoms with van der Waals surface area (Å²) in [6.45, 7) is 11.3. The van der Waals surface area contributed by atoms with E-state index in [1.54, 1.807) is 0 Å². The number of ether oxygens (including phenoxy) is 1. The van der Waals surface area contributed by atoms with Gasteiger partial charge >= 0.3 is 6.09 Å². The van der Waals surface area contributed by atoms with Crippen molar-refractivity contribution in [2.75, 3.05) is 0 Å². The monoisotopic (exact) mass is 530 g/mol. The Morgan fingerprint density at radius 2 is 1.26 bits per heavy atom. The average molecular weight is 531 g/mol. The predicted molar refractivity (Wildman–Crippen MR) is 159 cm³/mol. The summed E-state index contributed by atoms with van der Waals surface area (Å²) in [6.07, 6.45) is 0.783. The maximum atomic E-state index is 12.7. The summed E-state index contributed by atoms with van der Waals surface area (Å²) < 4.78 is 5.55. The highest BCUT2D eigenvalue weighted by atomic mass is 16.6. The summed E-state index contributed by atoms with van der Waals surface area (Å²) in [5.41, 5.74) is 2.99. The van der Waals surface area contributed by atoms with E-state index < -0.39 is 17.8 Å². The van der Waals surface area contributed by atoms with Crippen molar-refractivity contribution in [1.29, 1.82) is 0 Å². The highest BCUT2D eigenvalue weighted by molar-refractivity contribution is 5.68. The molecule has 0 aromatic heterocycles. The maximum Gasteiger partial charge on any atom is 0.407 e. The van der Waals surface area contributed by atoms with Crippen LogP contribution in [0.1, 0.15) is 64.2 Å². The summed E-state index contributed by atoms with van der Waals surface area (Å²) in [4.78, 5) is 15.1. The lowest BCUT2D eigenvalue weighted by molar-refractivity contribution is 0.0219. The molecule has 39 heavy (non-hydrogen) atoms. The minimum Gasteiger partial charge on any atom is -0.444 e. The quantitative estimate of drug-likeness (QED) is 0.250. The maximum absolute atomic E-state index is 12.7. The fourth-order valence-corrected chi connectivity index (χ4v) is 5.00. The Morgan fingerprint density at radius 3 is 1.69 bits per heavy atom. The van der Waals surface area contributed by atoms with E-state index >= 15 is 0 Å². The molecular formula is C34H46N2O3. The molecule has 1 amide bonds. The molecule has 3 rings (SSSR count). The number of aliphatic hydroxyl groups is 1. The van der Waals surface area contributed by atoms with Crippen LogP contribution < -0.4 is 5.32 Å². The molecule has 3 atom stereocenters. The summed E-state index contributed by atoms with van der Waals surface area (Å²) >= 11 is 0. The Hall–Kier alpha value is -3.15. The first-order valence-electron chi connectivity index (χ1n) is 14.1. The van der Waals surface area contributed by atoms with Gasteiger partial charge in [0.2, 0.25) is 0 Å². The normalized spacial score (nSPS) is 14.2. The van der Waals surface area contributed by atoms with Gasteiger partial charge in [0.15, 0.2) is 0 Å². The highest BCUT2D eigenvalue weighted by Crippen LogP contribution is 2.23. The topological polar surface area (TPSA) is 61.8 Å². The molecule has 0 aliphatic carbocycles. The fourth-order valence-electron chi connectivity index (χ4n) is 5.00. The van der Waals surface area contributed by atoms with Gasteiger partial charge in [-0.25, -0.2) is 4.79 Å². The molecule has 0 aliphatic rings. The van der Waals surface area contributed by atoms with Gasteiger partial charge in [0, 0.05) is 25.2 Å². The first-order valence-corrected chi connectivity index (χ1v) is 14.1. The van der Waals surface area contributed by atoms with Crippen LogP contribution >= 0.6 is 0 Å². The van der Waals surface area contributed by atoms with E-state index in [1.165, 1.54) is 16.7 Å². The second-order valence-corrected chi connectivity index (χ2v) is 11.9. The SMILES string of the molecule is CC(C)C[C@@H](C[C@H](O)[C@H](Cc1ccccc1)N(Cc1ccccc1)Cc1ccccc1)NC(=O)OC(C)(C)C. The lowest BCUT2D eigenvalue weighted by atomic mass is 9.91. The first-order chi connectivity index (χ1) is 18.6. The summed E-state index contributed by atoms with van der Waals surface area (Å²) in [6, 6.07) is 30.8. The number of amides is 1. The number of benzene rings is 3. The van der Waals surface area contributed by atoms with Gasteiger partial charge in [0.1, 0.15) is 5.60 Å². The number of nitrogens with zero attached hydrogens (tertiary/aromatic N) is 1. The zero-order chi connectivity index (χ0) is 28.3. The van der Waals surface area contributed by atoms with E-state index in [-0.39, 0.29) is 12.1 Å². The van der Waals surface area contributed by atoms with E-state index in [0.717, 1.165) is 6.42 Å². The summed E-state index contributed by atoms with van der Waals surface area (Å²) in [5, 5.41) is 14.9. The third-order valence-electron chi connectivity index (χ3n) is 6.66. The van der Waals surface area contributed by atoms with E-state index in [0.29, 0.717) is 31.8 Å². The Labute approximate surface area is 235 Å². The van der Waals surface area contributed by atoms with Crippen LogP contribution in [0.25, 0.3) is 0 Å². The minimum atomic E-state index is -0.670. The van der Waals surface area contributed by atoms with Gasteiger partial charge in [-0.05, 0) is 62.6 Å². The van der Waals surface area contributed by atoms with Gasteiger partial charge in [0.05, 0.1) is 6.10 Å². The third kappa shape index (κ3) is 11.2. The second-order valence-electron chi connectivity index (χ2n) is 11.9. The van der Waals surface area contributed by atoms with E-state index in [2.05, 4.69) is 84.7 Å². The van der Waals surface area contributed by atoms with Crippen molar-refractivity contribution in [2.45, 2.75) is 90.8 Å². The molecule has 0 saturated heterocycles. The second kappa shape index (κ2) is 14.9. The van der Waals surface area contributed by atoms with Crippen molar-refractivity contribution >= 4 is 6.09 Å². The molecule has 3 aromatic rings. The minimum absolute atomic E-state index is 0.164. The van der Waals surface area contributed by atoms with Crippen LogP contribution in [0.4, 0.5) is 4.79 Å². The van der Waals surface area contributed by atoms with E-state index in [4.69, 9.17) is 4.74 Å². The largest absolute Gasteiger partial charge is 0.444 e. The van der Waals surface area contributed by atoms with Crippen molar-refractivity contribution in [3.05, 3.63) is 108 Å². The van der Waals surface area contributed by atoms with Crippen LogP contribution in [0.3, 0.4) is 0 Å². The van der Waals surface area contributed by atoms with Gasteiger partial charge in [-0.15, -0.1) is 0 Å². The molecular weight excluding hydrogens is 484 g/mol. The number of hydrogen-bond donors (Lipinski definition) is 2. The Morgan fingerprint density at radius 1 is 0.795 bits per heavy atom.